The molecule has 3 rings (SSSR count). The summed E-state index contributed by atoms with van der Waals surface area (Å²) in [5, 5.41) is 21.4. The van der Waals surface area contributed by atoms with Gasteiger partial charge >= 0.3 is 5.97 Å². The number of carbonyl (C=O) groups is 1. The SMILES string of the molecule is Cc1ccc(C(=N)/C=C(/Nc2c(C)cccc2C(=O)O)N(C)c2ccccn2)cc1. The highest BCUT2D eigenvalue weighted by atomic mass is 16.4. The molecule has 0 saturated carbocycles. The van der Waals surface area contributed by atoms with E-state index in [2.05, 4.69) is 10.3 Å². The van der Waals surface area contributed by atoms with Gasteiger partial charge in [0.15, 0.2) is 0 Å². The van der Waals surface area contributed by atoms with Gasteiger partial charge < -0.3 is 20.7 Å². The molecule has 1 aromatic heterocycles. The van der Waals surface area contributed by atoms with E-state index in [0.29, 0.717) is 23.0 Å². The van der Waals surface area contributed by atoms with E-state index in [4.69, 9.17) is 5.41 Å². The number of aromatic nitrogens is 1. The Morgan fingerprint density at radius 2 is 1.80 bits per heavy atom. The molecule has 1 heterocycles. The van der Waals surface area contributed by atoms with Crippen molar-refractivity contribution in [3.8, 4) is 0 Å². The summed E-state index contributed by atoms with van der Waals surface area (Å²) in [5.74, 6) is 0.184. The summed E-state index contributed by atoms with van der Waals surface area (Å²) in [7, 11) is 1.82. The average Bonchev–Trinajstić information content (AvgIpc) is 2.74. The molecule has 0 fully saturated rings. The quantitative estimate of drug-likeness (QED) is 0.493. The second-order valence-electron chi connectivity index (χ2n) is 6.98. The number of pyridine rings is 1. The lowest BCUT2D eigenvalue weighted by molar-refractivity contribution is 0.0698. The minimum atomic E-state index is -1.02. The highest BCUT2D eigenvalue weighted by Gasteiger charge is 2.17. The Morgan fingerprint density at radius 3 is 2.43 bits per heavy atom. The van der Waals surface area contributed by atoms with Crippen molar-refractivity contribution < 1.29 is 9.90 Å². The van der Waals surface area contributed by atoms with Crippen LogP contribution in [-0.2, 0) is 0 Å². The molecule has 0 saturated heterocycles. The molecule has 152 valence electrons. The molecule has 0 aliphatic rings. The Labute approximate surface area is 176 Å². The normalized spacial score (nSPS) is 11.1. The predicted octanol–water partition coefficient (Wildman–Crippen LogP) is 4.85. The zero-order chi connectivity index (χ0) is 21.7. The Balaban J connectivity index is 2.05. The molecule has 0 unspecified atom stereocenters. The number of hydrogen-bond acceptors (Lipinski definition) is 5. The van der Waals surface area contributed by atoms with Crippen LogP contribution in [0.15, 0.2) is 78.8 Å². The number of nitrogens with one attached hydrogen (secondary N) is 2. The summed E-state index contributed by atoms with van der Waals surface area (Å²) in [6.07, 6.45) is 3.36. The number of hydrogen-bond donors (Lipinski definition) is 3. The van der Waals surface area contributed by atoms with E-state index >= 15 is 0 Å². The lowest BCUT2D eigenvalue weighted by Gasteiger charge is -2.25. The molecule has 0 aliphatic carbocycles. The molecule has 6 nitrogen and oxygen atoms in total. The molecule has 0 spiro atoms. The maximum absolute atomic E-state index is 11.7. The number of anilines is 2. The fourth-order valence-corrected chi connectivity index (χ4v) is 2.99. The van der Waals surface area contributed by atoms with E-state index in [0.717, 1.165) is 16.7 Å². The summed E-state index contributed by atoms with van der Waals surface area (Å²) in [4.78, 5) is 17.9. The first kappa shape index (κ1) is 20.8. The van der Waals surface area contributed by atoms with Gasteiger partial charge in [-0.2, -0.15) is 0 Å². The number of carboxylic acid groups (broad SMARTS) is 1. The minimum absolute atomic E-state index is 0.164. The number of allylic oxidation sites excluding steroid dienone is 1. The van der Waals surface area contributed by atoms with E-state index in [1.807, 2.05) is 69.4 Å². The van der Waals surface area contributed by atoms with Gasteiger partial charge in [0.05, 0.1) is 17.0 Å². The molecule has 0 atom stereocenters. The van der Waals surface area contributed by atoms with Crippen LogP contribution in [0.3, 0.4) is 0 Å². The van der Waals surface area contributed by atoms with Crippen LogP contribution in [-0.4, -0.2) is 28.8 Å². The minimum Gasteiger partial charge on any atom is -0.478 e. The van der Waals surface area contributed by atoms with Crippen LogP contribution in [0.4, 0.5) is 11.5 Å². The van der Waals surface area contributed by atoms with E-state index in [9.17, 15) is 9.90 Å². The third-order valence-electron chi connectivity index (χ3n) is 4.75. The topological polar surface area (TPSA) is 89.3 Å². The zero-order valence-electron chi connectivity index (χ0n) is 17.2. The third kappa shape index (κ3) is 4.72. The van der Waals surface area contributed by atoms with Crippen molar-refractivity contribution in [3.05, 3.63) is 101 Å². The van der Waals surface area contributed by atoms with Gasteiger partial charge in [0.25, 0.3) is 0 Å². The zero-order valence-corrected chi connectivity index (χ0v) is 17.2. The standard InChI is InChI=1S/C24H24N4O2/c1-16-10-12-18(13-11-16)20(25)15-22(28(3)21-9-4-5-14-26-21)27-23-17(2)7-6-8-19(23)24(29)30/h4-15,25,27H,1-3H3,(H,29,30)/b22-15-,25-20?. The van der Waals surface area contributed by atoms with E-state index in [-0.39, 0.29) is 5.56 Å². The Hall–Kier alpha value is -3.93. The second-order valence-corrected chi connectivity index (χ2v) is 6.98. The summed E-state index contributed by atoms with van der Waals surface area (Å²) < 4.78 is 0. The molecule has 0 aliphatic heterocycles. The summed E-state index contributed by atoms with van der Waals surface area (Å²) >= 11 is 0. The second kappa shape index (κ2) is 9.05. The lowest BCUT2D eigenvalue weighted by Crippen LogP contribution is -2.25. The van der Waals surface area contributed by atoms with Gasteiger partial charge in [-0.15, -0.1) is 0 Å². The fraction of sp³-hybridized carbons (Fsp3) is 0.125. The summed E-state index contributed by atoms with van der Waals surface area (Å²) in [6.45, 7) is 3.84. The number of benzene rings is 2. The van der Waals surface area contributed by atoms with Gasteiger partial charge in [0.1, 0.15) is 11.6 Å². The Kier molecular flexibility index (Phi) is 6.27. The molecule has 0 bridgehead atoms. The number of nitrogens with zero attached hydrogens (tertiary/aromatic N) is 2. The maximum atomic E-state index is 11.7. The largest absolute Gasteiger partial charge is 0.478 e. The van der Waals surface area contributed by atoms with E-state index in [1.165, 1.54) is 0 Å². The van der Waals surface area contributed by atoms with Crippen molar-refractivity contribution in [3.63, 3.8) is 0 Å². The van der Waals surface area contributed by atoms with Crippen LogP contribution in [0, 0.1) is 19.3 Å². The van der Waals surface area contributed by atoms with Gasteiger partial charge in [-0.25, -0.2) is 9.78 Å². The lowest BCUT2D eigenvalue weighted by atomic mass is 10.1. The smallest absolute Gasteiger partial charge is 0.337 e. The Bertz CT molecular complexity index is 1090. The summed E-state index contributed by atoms with van der Waals surface area (Å²) in [5.41, 5.74) is 3.61. The van der Waals surface area contributed by atoms with Crippen molar-refractivity contribution in [2.75, 3.05) is 17.3 Å². The van der Waals surface area contributed by atoms with Crippen molar-refractivity contribution in [1.29, 1.82) is 5.41 Å². The number of para-hydroxylation sites is 1. The van der Waals surface area contributed by atoms with Gasteiger partial charge in [-0.1, -0.05) is 48.0 Å². The number of rotatable bonds is 7. The van der Waals surface area contributed by atoms with Crippen LogP contribution in [0.5, 0.6) is 0 Å². The first-order valence-electron chi connectivity index (χ1n) is 9.49. The monoisotopic (exact) mass is 400 g/mol. The molecule has 3 N–H and O–H groups in total. The van der Waals surface area contributed by atoms with Crippen molar-refractivity contribution in [2.24, 2.45) is 0 Å². The third-order valence-corrected chi connectivity index (χ3v) is 4.75. The van der Waals surface area contributed by atoms with E-state index < -0.39 is 5.97 Å². The van der Waals surface area contributed by atoms with Gasteiger partial charge in [0, 0.05) is 19.3 Å². The fourth-order valence-electron chi connectivity index (χ4n) is 2.99. The van der Waals surface area contributed by atoms with Crippen LogP contribution < -0.4 is 10.2 Å². The Morgan fingerprint density at radius 1 is 1.07 bits per heavy atom. The molecule has 30 heavy (non-hydrogen) atoms. The number of aromatic carboxylic acids is 1. The van der Waals surface area contributed by atoms with Crippen LogP contribution in [0.2, 0.25) is 0 Å². The van der Waals surface area contributed by atoms with Crippen molar-refractivity contribution >= 4 is 23.2 Å². The predicted molar refractivity (Wildman–Crippen MR) is 120 cm³/mol. The van der Waals surface area contributed by atoms with Gasteiger partial charge in [-0.3, -0.25) is 0 Å². The maximum Gasteiger partial charge on any atom is 0.337 e. The van der Waals surface area contributed by atoms with Crippen molar-refractivity contribution in [1.82, 2.24) is 4.98 Å². The molecule has 2 aromatic carbocycles. The highest BCUT2D eigenvalue weighted by molar-refractivity contribution is 6.07. The molecule has 3 aromatic rings. The van der Waals surface area contributed by atoms with Crippen LogP contribution >= 0.6 is 0 Å². The van der Waals surface area contributed by atoms with Crippen LogP contribution in [0.25, 0.3) is 0 Å². The molecule has 0 radical (unpaired) electrons. The average molecular weight is 400 g/mol. The molecular formula is C24H24N4O2. The van der Waals surface area contributed by atoms with Gasteiger partial charge in [0.2, 0.25) is 0 Å². The number of carboxylic acids is 1. The number of aryl methyl sites for hydroxylation is 2. The summed E-state index contributed by atoms with van der Waals surface area (Å²) in [6, 6.07) is 18.4. The van der Waals surface area contributed by atoms with Crippen molar-refractivity contribution in [2.45, 2.75) is 13.8 Å². The van der Waals surface area contributed by atoms with Crippen LogP contribution in [0.1, 0.15) is 27.0 Å². The highest BCUT2D eigenvalue weighted by Crippen LogP contribution is 2.25. The first-order valence-corrected chi connectivity index (χ1v) is 9.49. The molecular weight excluding hydrogens is 376 g/mol. The molecule has 6 heteroatoms. The molecule has 0 amide bonds. The van der Waals surface area contributed by atoms with Gasteiger partial charge in [-0.05, 0) is 43.2 Å². The first-order chi connectivity index (χ1) is 14.4. The van der Waals surface area contributed by atoms with E-state index in [1.54, 1.807) is 29.3 Å².